The number of amides is 1. The number of ether oxygens (including phenoxy) is 1. The summed E-state index contributed by atoms with van der Waals surface area (Å²) in [6, 6.07) is 8.04. The maximum absolute atomic E-state index is 12.8. The fourth-order valence-corrected chi connectivity index (χ4v) is 3.46. The number of hydrogen-bond donors (Lipinski definition) is 0. The van der Waals surface area contributed by atoms with E-state index in [1.807, 2.05) is 48.8 Å². The van der Waals surface area contributed by atoms with Crippen molar-refractivity contribution in [2.24, 2.45) is 0 Å². The Morgan fingerprint density at radius 1 is 1.48 bits per heavy atom. The predicted octanol–water partition coefficient (Wildman–Crippen LogP) is 2.48. The van der Waals surface area contributed by atoms with E-state index in [2.05, 4.69) is 11.0 Å². The van der Waals surface area contributed by atoms with E-state index in [9.17, 15) is 4.79 Å². The number of benzene rings is 1. The molecular weight excluding hydrogens is 284 g/mol. The summed E-state index contributed by atoms with van der Waals surface area (Å²) in [5.74, 6) is 1.14. The molecule has 0 N–H and O–H groups in total. The van der Waals surface area contributed by atoms with Gasteiger partial charge in [0, 0.05) is 37.5 Å². The lowest BCUT2D eigenvalue weighted by Crippen LogP contribution is -2.48. The molecule has 1 heterocycles. The lowest BCUT2D eigenvalue weighted by Gasteiger charge is -2.33. The molecule has 1 unspecified atom stereocenters. The van der Waals surface area contributed by atoms with E-state index < -0.39 is 0 Å². The molecule has 1 amide bonds. The van der Waals surface area contributed by atoms with Crippen LogP contribution in [-0.2, 0) is 9.53 Å². The summed E-state index contributed by atoms with van der Waals surface area (Å²) in [4.78, 5) is 18.0. The maximum Gasteiger partial charge on any atom is 0.244 e. The molecule has 116 valence electrons. The molecule has 0 fully saturated rings. The van der Waals surface area contributed by atoms with Crippen LogP contribution >= 0.6 is 11.8 Å². The van der Waals surface area contributed by atoms with E-state index in [-0.39, 0.29) is 11.9 Å². The zero-order valence-electron chi connectivity index (χ0n) is 13.0. The molecule has 5 heteroatoms. The fraction of sp³-hybridized carbons (Fsp3) is 0.562. The second kappa shape index (κ2) is 7.82. The lowest BCUT2D eigenvalue weighted by molar-refractivity contribution is -0.122. The summed E-state index contributed by atoms with van der Waals surface area (Å²) in [6.07, 6.45) is 0.942. The Labute approximate surface area is 131 Å². The SMILES string of the molecule is COCCCN(C)C(C)C(=O)N1CCSc2ccccc21. The van der Waals surface area contributed by atoms with Crippen molar-refractivity contribution in [1.82, 2.24) is 4.90 Å². The van der Waals surface area contributed by atoms with Crippen molar-refractivity contribution in [3.8, 4) is 0 Å². The number of likely N-dealkylation sites (N-methyl/N-ethyl adjacent to an activating group) is 1. The third-order valence-corrected chi connectivity index (χ3v) is 4.92. The molecule has 0 spiro atoms. The summed E-state index contributed by atoms with van der Waals surface area (Å²) in [7, 11) is 3.71. The standard InChI is InChI=1S/C16H24N2O2S/c1-13(17(2)9-6-11-20-3)16(19)18-10-12-21-15-8-5-4-7-14(15)18/h4-5,7-8,13H,6,9-12H2,1-3H3. The van der Waals surface area contributed by atoms with Gasteiger partial charge in [0.05, 0.1) is 11.7 Å². The van der Waals surface area contributed by atoms with Crippen LogP contribution in [0.2, 0.25) is 0 Å². The highest BCUT2D eigenvalue weighted by Gasteiger charge is 2.28. The summed E-state index contributed by atoms with van der Waals surface area (Å²) < 4.78 is 5.07. The highest BCUT2D eigenvalue weighted by molar-refractivity contribution is 7.99. The van der Waals surface area contributed by atoms with Crippen molar-refractivity contribution in [2.45, 2.75) is 24.3 Å². The summed E-state index contributed by atoms with van der Waals surface area (Å²) in [6.45, 7) is 4.37. The minimum Gasteiger partial charge on any atom is -0.385 e. The first kappa shape index (κ1) is 16.3. The Hall–Kier alpha value is -1.04. The minimum atomic E-state index is -0.113. The van der Waals surface area contributed by atoms with Gasteiger partial charge in [0.1, 0.15) is 0 Å². The Balaban J connectivity index is 2.03. The zero-order valence-corrected chi connectivity index (χ0v) is 13.9. The first-order valence-corrected chi connectivity index (χ1v) is 8.36. The fourth-order valence-electron chi connectivity index (χ4n) is 2.46. The van der Waals surface area contributed by atoms with Gasteiger partial charge < -0.3 is 9.64 Å². The second-order valence-corrected chi connectivity index (χ2v) is 6.45. The molecule has 1 aliphatic rings. The molecule has 0 saturated carbocycles. The molecule has 0 radical (unpaired) electrons. The van der Waals surface area contributed by atoms with E-state index in [1.165, 1.54) is 4.90 Å². The summed E-state index contributed by atoms with van der Waals surface area (Å²) in [5.41, 5.74) is 1.05. The van der Waals surface area contributed by atoms with E-state index in [0.717, 1.165) is 37.6 Å². The van der Waals surface area contributed by atoms with Gasteiger partial charge in [0.25, 0.3) is 0 Å². The van der Waals surface area contributed by atoms with Gasteiger partial charge >= 0.3 is 0 Å². The first-order chi connectivity index (χ1) is 10.1. The number of fused-ring (bicyclic) bond motifs is 1. The van der Waals surface area contributed by atoms with E-state index in [0.29, 0.717) is 0 Å². The Kier molecular flexibility index (Phi) is 6.08. The van der Waals surface area contributed by atoms with Gasteiger partial charge in [-0.3, -0.25) is 9.69 Å². The van der Waals surface area contributed by atoms with Crippen LogP contribution < -0.4 is 4.90 Å². The maximum atomic E-state index is 12.8. The van der Waals surface area contributed by atoms with Crippen LogP contribution in [0, 0.1) is 0 Å². The molecule has 21 heavy (non-hydrogen) atoms. The number of thioether (sulfide) groups is 1. The molecule has 0 aromatic heterocycles. The van der Waals surface area contributed by atoms with E-state index in [4.69, 9.17) is 4.74 Å². The molecule has 1 aliphatic heterocycles. The van der Waals surface area contributed by atoms with E-state index in [1.54, 1.807) is 7.11 Å². The van der Waals surface area contributed by atoms with Crippen LogP contribution in [0.25, 0.3) is 0 Å². The summed E-state index contributed by atoms with van der Waals surface area (Å²) in [5, 5.41) is 0. The quantitative estimate of drug-likeness (QED) is 0.756. The highest BCUT2D eigenvalue weighted by atomic mass is 32.2. The molecule has 4 nitrogen and oxygen atoms in total. The zero-order chi connectivity index (χ0) is 15.2. The molecule has 2 rings (SSSR count). The van der Waals surface area contributed by atoms with Gasteiger partial charge in [0.2, 0.25) is 5.91 Å². The smallest absolute Gasteiger partial charge is 0.244 e. The van der Waals surface area contributed by atoms with Crippen LogP contribution in [0.15, 0.2) is 29.2 Å². The molecule has 1 aromatic rings. The minimum absolute atomic E-state index is 0.113. The molecule has 1 aromatic carbocycles. The van der Waals surface area contributed by atoms with Crippen molar-refractivity contribution in [3.63, 3.8) is 0 Å². The Morgan fingerprint density at radius 2 is 2.24 bits per heavy atom. The van der Waals surface area contributed by atoms with Crippen molar-refractivity contribution >= 4 is 23.4 Å². The van der Waals surface area contributed by atoms with Crippen LogP contribution in [-0.4, -0.2) is 56.5 Å². The molecular formula is C16H24N2O2S. The van der Waals surface area contributed by atoms with Gasteiger partial charge in [-0.15, -0.1) is 11.8 Å². The number of carbonyl (C=O) groups excluding carboxylic acids is 1. The van der Waals surface area contributed by atoms with Crippen molar-refractivity contribution in [2.75, 3.05) is 44.5 Å². The molecule has 1 atom stereocenters. The van der Waals surface area contributed by atoms with Gasteiger partial charge in [-0.25, -0.2) is 0 Å². The van der Waals surface area contributed by atoms with Crippen LogP contribution in [0.1, 0.15) is 13.3 Å². The monoisotopic (exact) mass is 308 g/mol. The Morgan fingerprint density at radius 3 is 3.00 bits per heavy atom. The van der Waals surface area contributed by atoms with Gasteiger partial charge in [-0.05, 0) is 32.5 Å². The third-order valence-electron chi connectivity index (χ3n) is 3.87. The van der Waals surface area contributed by atoms with E-state index >= 15 is 0 Å². The normalized spacial score (nSPS) is 15.9. The average Bonchev–Trinajstić information content (AvgIpc) is 2.53. The Bertz CT molecular complexity index is 481. The average molecular weight is 308 g/mol. The molecule has 0 saturated heterocycles. The number of carbonyl (C=O) groups is 1. The van der Waals surface area contributed by atoms with Gasteiger partial charge in [0.15, 0.2) is 0 Å². The van der Waals surface area contributed by atoms with Crippen LogP contribution in [0.3, 0.4) is 0 Å². The van der Waals surface area contributed by atoms with Crippen molar-refractivity contribution < 1.29 is 9.53 Å². The number of rotatable bonds is 6. The largest absolute Gasteiger partial charge is 0.385 e. The van der Waals surface area contributed by atoms with Crippen molar-refractivity contribution in [3.05, 3.63) is 24.3 Å². The second-order valence-electron chi connectivity index (χ2n) is 5.31. The van der Waals surface area contributed by atoms with Crippen LogP contribution in [0.5, 0.6) is 0 Å². The number of hydrogen-bond acceptors (Lipinski definition) is 4. The number of para-hydroxylation sites is 1. The van der Waals surface area contributed by atoms with Gasteiger partial charge in [-0.1, -0.05) is 12.1 Å². The number of methoxy groups -OCH3 is 1. The third kappa shape index (κ3) is 3.99. The number of anilines is 1. The van der Waals surface area contributed by atoms with Crippen molar-refractivity contribution in [1.29, 1.82) is 0 Å². The highest BCUT2D eigenvalue weighted by Crippen LogP contribution is 2.34. The molecule has 0 aliphatic carbocycles. The van der Waals surface area contributed by atoms with Crippen LogP contribution in [0.4, 0.5) is 5.69 Å². The number of nitrogens with zero attached hydrogens (tertiary/aromatic N) is 2. The summed E-state index contributed by atoms with van der Waals surface area (Å²) >= 11 is 1.82. The topological polar surface area (TPSA) is 32.8 Å². The lowest BCUT2D eigenvalue weighted by atomic mass is 10.2. The molecule has 0 bridgehead atoms. The first-order valence-electron chi connectivity index (χ1n) is 7.37. The van der Waals surface area contributed by atoms with Gasteiger partial charge in [-0.2, -0.15) is 0 Å². The predicted molar refractivity (Wildman–Crippen MR) is 88.1 cm³/mol.